The molecule has 1 aliphatic heterocycles. The highest BCUT2D eigenvalue weighted by molar-refractivity contribution is 9.10. The number of nitro benzene ring substituents is 1. The SMILES string of the molecule is O=[N+]([O-])c1ccc(CN2CCN(S(=O)(=O)c3ccc(Br)cc3Cl)CC2)cc1. The van der Waals surface area contributed by atoms with Gasteiger partial charge in [-0.25, -0.2) is 8.42 Å². The summed E-state index contributed by atoms with van der Waals surface area (Å²) in [5.41, 5.74) is 1.01. The van der Waals surface area contributed by atoms with E-state index in [0.29, 0.717) is 32.7 Å². The average Bonchev–Trinajstić information content (AvgIpc) is 2.62. The number of halogens is 2. The molecule has 1 aliphatic rings. The Morgan fingerprint density at radius 1 is 1.07 bits per heavy atom. The topological polar surface area (TPSA) is 83.8 Å². The molecule has 1 saturated heterocycles. The van der Waals surface area contributed by atoms with Crippen LogP contribution in [0.15, 0.2) is 51.8 Å². The molecule has 7 nitrogen and oxygen atoms in total. The summed E-state index contributed by atoms with van der Waals surface area (Å²) in [5.74, 6) is 0. The Morgan fingerprint density at radius 2 is 1.70 bits per heavy atom. The Balaban J connectivity index is 1.63. The van der Waals surface area contributed by atoms with Crippen molar-refractivity contribution in [2.45, 2.75) is 11.4 Å². The van der Waals surface area contributed by atoms with Gasteiger partial charge in [-0.05, 0) is 23.8 Å². The molecular formula is C17H17BrClN3O4S. The van der Waals surface area contributed by atoms with Gasteiger partial charge >= 0.3 is 0 Å². The molecule has 0 amide bonds. The van der Waals surface area contributed by atoms with Crippen LogP contribution >= 0.6 is 27.5 Å². The maximum Gasteiger partial charge on any atom is 0.269 e. The van der Waals surface area contributed by atoms with Crippen LogP contribution in [0.3, 0.4) is 0 Å². The Labute approximate surface area is 170 Å². The second kappa shape index (κ2) is 8.24. The summed E-state index contributed by atoms with van der Waals surface area (Å²) in [6.45, 7) is 2.49. The van der Waals surface area contributed by atoms with Crippen molar-refractivity contribution in [3.05, 3.63) is 67.6 Å². The summed E-state index contributed by atoms with van der Waals surface area (Å²) in [6.07, 6.45) is 0. The summed E-state index contributed by atoms with van der Waals surface area (Å²) in [6, 6.07) is 11.1. The minimum atomic E-state index is -3.64. The summed E-state index contributed by atoms with van der Waals surface area (Å²) in [7, 11) is -3.64. The van der Waals surface area contributed by atoms with Gasteiger partial charge in [0.25, 0.3) is 5.69 Å². The average molecular weight is 475 g/mol. The molecule has 0 bridgehead atoms. The molecule has 3 rings (SSSR count). The van der Waals surface area contributed by atoms with E-state index in [1.54, 1.807) is 24.3 Å². The Hall–Kier alpha value is -1.52. The van der Waals surface area contributed by atoms with Gasteiger partial charge in [-0.3, -0.25) is 15.0 Å². The summed E-state index contributed by atoms with van der Waals surface area (Å²) in [5, 5.41) is 10.9. The standard InChI is InChI=1S/C17H17BrClN3O4S/c18-14-3-6-17(16(19)11-14)27(25,26)21-9-7-20(8-10-21)12-13-1-4-15(5-2-13)22(23)24/h1-6,11H,7-10,12H2. The van der Waals surface area contributed by atoms with Gasteiger partial charge in [-0.1, -0.05) is 39.7 Å². The van der Waals surface area contributed by atoms with E-state index < -0.39 is 14.9 Å². The van der Waals surface area contributed by atoms with Gasteiger partial charge in [0.15, 0.2) is 0 Å². The van der Waals surface area contributed by atoms with Crippen LogP contribution in [-0.4, -0.2) is 48.7 Å². The number of nitrogens with zero attached hydrogens (tertiary/aromatic N) is 3. The smallest absolute Gasteiger partial charge is 0.269 e. The molecular weight excluding hydrogens is 458 g/mol. The fourth-order valence-electron chi connectivity index (χ4n) is 2.93. The number of hydrogen-bond acceptors (Lipinski definition) is 5. The first-order valence-corrected chi connectivity index (χ1v) is 10.8. The van der Waals surface area contributed by atoms with Gasteiger partial charge in [0.1, 0.15) is 4.90 Å². The molecule has 1 fully saturated rings. The normalized spacial score (nSPS) is 16.4. The maximum atomic E-state index is 12.8. The molecule has 1 heterocycles. The molecule has 0 aliphatic carbocycles. The van der Waals surface area contributed by atoms with Crippen LogP contribution in [-0.2, 0) is 16.6 Å². The molecule has 0 aromatic heterocycles. The highest BCUT2D eigenvalue weighted by atomic mass is 79.9. The third-order valence-electron chi connectivity index (χ3n) is 4.40. The molecule has 0 spiro atoms. The van der Waals surface area contributed by atoms with E-state index in [2.05, 4.69) is 20.8 Å². The molecule has 2 aromatic carbocycles. The highest BCUT2D eigenvalue weighted by Crippen LogP contribution is 2.28. The number of nitro groups is 1. The number of hydrogen-bond donors (Lipinski definition) is 0. The van der Waals surface area contributed by atoms with Crippen molar-refractivity contribution in [1.29, 1.82) is 0 Å². The van der Waals surface area contributed by atoms with Crippen molar-refractivity contribution in [2.24, 2.45) is 0 Å². The molecule has 10 heteroatoms. The minimum Gasteiger partial charge on any atom is -0.296 e. The first-order chi connectivity index (χ1) is 12.8. The number of piperazine rings is 1. The lowest BCUT2D eigenvalue weighted by molar-refractivity contribution is -0.384. The van der Waals surface area contributed by atoms with Crippen LogP contribution in [0.25, 0.3) is 0 Å². The summed E-state index contributed by atoms with van der Waals surface area (Å²) < 4.78 is 27.8. The quantitative estimate of drug-likeness (QED) is 0.489. The van der Waals surface area contributed by atoms with Crippen molar-refractivity contribution in [3.63, 3.8) is 0 Å². The lowest BCUT2D eigenvalue weighted by Gasteiger charge is -2.34. The van der Waals surface area contributed by atoms with Gasteiger partial charge in [-0.2, -0.15) is 4.31 Å². The van der Waals surface area contributed by atoms with Gasteiger partial charge in [0.05, 0.1) is 9.95 Å². The van der Waals surface area contributed by atoms with Crippen LogP contribution in [0.5, 0.6) is 0 Å². The molecule has 144 valence electrons. The van der Waals surface area contributed by atoms with E-state index in [0.717, 1.165) is 10.0 Å². The van der Waals surface area contributed by atoms with Gasteiger partial charge in [0.2, 0.25) is 10.0 Å². The zero-order chi connectivity index (χ0) is 19.6. The van der Waals surface area contributed by atoms with E-state index in [1.165, 1.54) is 22.5 Å². The van der Waals surface area contributed by atoms with E-state index in [1.807, 2.05) is 0 Å². The zero-order valence-electron chi connectivity index (χ0n) is 14.2. The molecule has 2 aromatic rings. The zero-order valence-corrected chi connectivity index (χ0v) is 17.4. The van der Waals surface area contributed by atoms with Crippen molar-refractivity contribution < 1.29 is 13.3 Å². The van der Waals surface area contributed by atoms with E-state index in [-0.39, 0.29) is 15.6 Å². The lowest BCUT2D eigenvalue weighted by Crippen LogP contribution is -2.48. The Morgan fingerprint density at radius 3 is 2.26 bits per heavy atom. The molecule has 0 radical (unpaired) electrons. The van der Waals surface area contributed by atoms with Crippen LogP contribution in [0.4, 0.5) is 5.69 Å². The van der Waals surface area contributed by atoms with Crippen molar-refractivity contribution in [2.75, 3.05) is 26.2 Å². The van der Waals surface area contributed by atoms with Gasteiger partial charge in [0, 0.05) is 49.3 Å². The highest BCUT2D eigenvalue weighted by Gasteiger charge is 2.30. The molecule has 0 saturated carbocycles. The van der Waals surface area contributed by atoms with Crippen molar-refractivity contribution in [1.82, 2.24) is 9.21 Å². The number of rotatable bonds is 5. The maximum absolute atomic E-state index is 12.8. The monoisotopic (exact) mass is 473 g/mol. The number of non-ortho nitro benzene ring substituents is 1. The third-order valence-corrected chi connectivity index (χ3v) is 7.27. The lowest BCUT2D eigenvalue weighted by atomic mass is 10.2. The molecule has 27 heavy (non-hydrogen) atoms. The van der Waals surface area contributed by atoms with Crippen LogP contribution in [0.1, 0.15) is 5.56 Å². The number of sulfonamides is 1. The van der Waals surface area contributed by atoms with Crippen molar-refractivity contribution >= 4 is 43.2 Å². The van der Waals surface area contributed by atoms with Crippen LogP contribution < -0.4 is 0 Å². The Bertz CT molecular complexity index is 945. The summed E-state index contributed by atoms with van der Waals surface area (Å²) >= 11 is 9.38. The number of benzene rings is 2. The van der Waals surface area contributed by atoms with E-state index >= 15 is 0 Å². The predicted molar refractivity (Wildman–Crippen MR) is 106 cm³/mol. The Kier molecular flexibility index (Phi) is 6.17. The second-order valence-corrected chi connectivity index (χ2v) is 9.41. The third kappa shape index (κ3) is 4.67. The first-order valence-electron chi connectivity index (χ1n) is 8.18. The minimum absolute atomic E-state index is 0.0565. The molecule has 0 atom stereocenters. The predicted octanol–water partition coefficient (Wildman–Crippen LogP) is 3.52. The fraction of sp³-hybridized carbons (Fsp3) is 0.294. The van der Waals surface area contributed by atoms with E-state index in [9.17, 15) is 18.5 Å². The first kappa shape index (κ1) is 20.2. The fourth-order valence-corrected chi connectivity index (χ4v) is 5.37. The van der Waals surface area contributed by atoms with Gasteiger partial charge < -0.3 is 0 Å². The molecule has 0 N–H and O–H groups in total. The summed E-state index contributed by atoms with van der Waals surface area (Å²) in [4.78, 5) is 12.5. The van der Waals surface area contributed by atoms with Gasteiger partial charge in [-0.15, -0.1) is 0 Å². The largest absolute Gasteiger partial charge is 0.296 e. The van der Waals surface area contributed by atoms with Crippen molar-refractivity contribution in [3.8, 4) is 0 Å². The second-order valence-electron chi connectivity index (χ2n) is 6.18. The van der Waals surface area contributed by atoms with E-state index in [4.69, 9.17) is 11.6 Å². The van der Waals surface area contributed by atoms with Crippen LogP contribution in [0, 0.1) is 10.1 Å². The molecule has 0 unspecified atom stereocenters. The van der Waals surface area contributed by atoms with Crippen LogP contribution in [0.2, 0.25) is 5.02 Å².